The molecule has 0 aromatic heterocycles. The summed E-state index contributed by atoms with van der Waals surface area (Å²) in [6, 6.07) is 24.0. The molecular formula is C23H22N2O3. The molecule has 0 aliphatic heterocycles. The topological polar surface area (TPSA) is 67.4 Å². The molecule has 1 atom stereocenters. The van der Waals surface area contributed by atoms with Gasteiger partial charge in [0.1, 0.15) is 0 Å². The van der Waals surface area contributed by atoms with Crippen molar-refractivity contribution in [3.05, 3.63) is 90.0 Å². The third-order valence-electron chi connectivity index (χ3n) is 4.17. The van der Waals surface area contributed by atoms with Crippen LogP contribution in [-0.2, 0) is 9.53 Å². The Labute approximate surface area is 164 Å². The summed E-state index contributed by atoms with van der Waals surface area (Å²) < 4.78 is 5.38. The van der Waals surface area contributed by atoms with Gasteiger partial charge in [-0.1, -0.05) is 48.0 Å². The van der Waals surface area contributed by atoms with Crippen LogP contribution in [0.1, 0.15) is 22.8 Å². The highest BCUT2D eigenvalue weighted by Crippen LogP contribution is 2.22. The van der Waals surface area contributed by atoms with E-state index in [1.165, 1.54) is 0 Å². The first-order valence-corrected chi connectivity index (χ1v) is 9.02. The van der Waals surface area contributed by atoms with Crippen LogP contribution in [0.25, 0.3) is 0 Å². The number of carbonyl (C=O) groups excluding carboxylic acids is 2. The number of para-hydroxylation sites is 2. The van der Waals surface area contributed by atoms with Gasteiger partial charge in [0.05, 0.1) is 11.3 Å². The van der Waals surface area contributed by atoms with E-state index in [0.717, 1.165) is 11.3 Å². The van der Waals surface area contributed by atoms with Crippen molar-refractivity contribution in [1.29, 1.82) is 0 Å². The molecule has 0 aliphatic carbocycles. The van der Waals surface area contributed by atoms with Crippen molar-refractivity contribution >= 4 is 28.9 Å². The normalized spacial score (nSPS) is 11.4. The van der Waals surface area contributed by atoms with Crippen LogP contribution in [0, 0.1) is 6.92 Å². The average molecular weight is 374 g/mol. The highest BCUT2D eigenvalue weighted by Gasteiger charge is 2.21. The first kappa shape index (κ1) is 19.2. The molecule has 5 heteroatoms. The van der Waals surface area contributed by atoms with E-state index in [9.17, 15) is 9.59 Å². The number of nitrogens with one attached hydrogen (secondary N) is 2. The Morgan fingerprint density at radius 3 is 2.18 bits per heavy atom. The van der Waals surface area contributed by atoms with Crippen LogP contribution in [0.2, 0.25) is 0 Å². The monoisotopic (exact) mass is 374 g/mol. The quantitative estimate of drug-likeness (QED) is 0.601. The summed E-state index contributed by atoms with van der Waals surface area (Å²) in [7, 11) is 0. The Hall–Kier alpha value is -3.60. The smallest absolute Gasteiger partial charge is 0.341 e. The number of carbonyl (C=O) groups is 2. The van der Waals surface area contributed by atoms with Crippen molar-refractivity contribution in [3.8, 4) is 0 Å². The maximum Gasteiger partial charge on any atom is 0.341 e. The minimum atomic E-state index is -0.932. The molecule has 0 unspecified atom stereocenters. The van der Waals surface area contributed by atoms with E-state index >= 15 is 0 Å². The molecule has 3 rings (SSSR count). The second kappa shape index (κ2) is 8.86. The van der Waals surface area contributed by atoms with E-state index in [1.807, 2.05) is 55.5 Å². The van der Waals surface area contributed by atoms with Crippen molar-refractivity contribution < 1.29 is 14.3 Å². The molecule has 3 aromatic carbocycles. The summed E-state index contributed by atoms with van der Waals surface area (Å²) >= 11 is 0. The van der Waals surface area contributed by atoms with Crippen molar-refractivity contribution in [2.75, 3.05) is 10.6 Å². The van der Waals surface area contributed by atoms with Gasteiger partial charge in [-0.2, -0.15) is 0 Å². The lowest BCUT2D eigenvalue weighted by molar-refractivity contribution is -0.123. The first-order valence-electron chi connectivity index (χ1n) is 9.02. The van der Waals surface area contributed by atoms with Gasteiger partial charge in [-0.25, -0.2) is 4.79 Å². The predicted octanol–water partition coefficient (Wildman–Crippen LogP) is 4.92. The van der Waals surface area contributed by atoms with E-state index in [4.69, 9.17) is 4.74 Å². The molecule has 0 saturated carbocycles. The summed E-state index contributed by atoms with van der Waals surface area (Å²) in [5, 5.41) is 5.95. The van der Waals surface area contributed by atoms with Gasteiger partial charge in [0, 0.05) is 11.4 Å². The zero-order valence-electron chi connectivity index (χ0n) is 15.8. The Morgan fingerprint density at radius 2 is 1.46 bits per heavy atom. The number of hydrogen-bond donors (Lipinski definition) is 2. The summed E-state index contributed by atoms with van der Waals surface area (Å²) in [4.78, 5) is 25.0. The molecule has 3 aromatic rings. The Balaban J connectivity index is 1.67. The SMILES string of the molecule is Cc1ccc(NC(=O)[C@@H](C)OC(=O)c2ccccc2Nc2ccccc2)cc1. The Morgan fingerprint density at radius 1 is 0.821 bits per heavy atom. The standard InChI is InChI=1S/C23H22N2O3/c1-16-12-14-19(15-13-16)25-22(26)17(2)28-23(27)20-10-6-7-11-21(20)24-18-8-4-3-5-9-18/h3-15,17,24H,1-2H3,(H,25,26)/t17-/m1/s1. The third-order valence-corrected chi connectivity index (χ3v) is 4.17. The fourth-order valence-electron chi connectivity index (χ4n) is 2.61. The number of ether oxygens (including phenoxy) is 1. The zero-order valence-corrected chi connectivity index (χ0v) is 15.8. The molecule has 0 radical (unpaired) electrons. The lowest BCUT2D eigenvalue weighted by atomic mass is 10.1. The lowest BCUT2D eigenvalue weighted by Crippen LogP contribution is -2.30. The van der Waals surface area contributed by atoms with Crippen LogP contribution >= 0.6 is 0 Å². The van der Waals surface area contributed by atoms with Gasteiger partial charge in [-0.05, 0) is 50.2 Å². The van der Waals surface area contributed by atoms with Crippen LogP contribution < -0.4 is 10.6 Å². The average Bonchev–Trinajstić information content (AvgIpc) is 2.70. The molecule has 2 N–H and O–H groups in total. The number of aryl methyl sites for hydroxylation is 1. The molecule has 0 bridgehead atoms. The van der Waals surface area contributed by atoms with Crippen molar-refractivity contribution in [3.63, 3.8) is 0 Å². The molecule has 0 saturated heterocycles. The number of esters is 1. The lowest BCUT2D eigenvalue weighted by Gasteiger charge is -2.16. The number of benzene rings is 3. The number of hydrogen-bond acceptors (Lipinski definition) is 4. The van der Waals surface area contributed by atoms with Gasteiger partial charge in [0.25, 0.3) is 5.91 Å². The van der Waals surface area contributed by atoms with E-state index in [1.54, 1.807) is 37.3 Å². The molecule has 0 fully saturated rings. The van der Waals surface area contributed by atoms with Gasteiger partial charge < -0.3 is 15.4 Å². The fraction of sp³-hybridized carbons (Fsp3) is 0.130. The van der Waals surface area contributed by atoms with E-state index < -0.39 is 12.1 Å². The molecule has 142 valence electrons. The molecule has 5 nitrogen and oxygen atoms in total. The maximum atomic E-state index is 12.6. The van der Waals surface area contributed by atoms with Crippen molar-refractivity contribution in [1.82, 2.24) is 0 Å². The van der Waals surface area contributed by atoms with E-state index in [2.05, 4.69) is 10.6 Å². The van der Waals surface area contributed by atoms with E-state index in [0.29, 0.717) is 16.9 Å². The van der Waals surface area contributed by atoms with Crippen LogP contribution in [0.4, 0.5) is 17.1 Å². The highest BCUT2D eigenvalue weighted by molar-refractivity contribution is 6.00. The fourth-order valence-corrected chi connectivity index (χ4v) is 2.61. The molecular weight excluding hydrogens is 352 g/mol. The zero-order chi connectivity index (χ0) is 19.9. The maximum absolute atomic E-state index is 12.6. The summed E-state index contributed by atoms with van der Waals surface area (Å²) in [5.41, 5.74) is 3.59. The molecule has 1 amide bonds. The molecule has 28 heavy (non-hydrogen) atoms. The minimum Gasteiger partial charge on any atom is -0.449 e. The first-order chi connectivity index (χ1) is 13.5. The largest absolute Gasteiger partial charge is 0.449 e. The van der Waals surface area contributed by atoms with Gasteiger partial charge >= 0.3 is 5.97 Å². The van der Waals surface area contributed by atoms with Crippen LogP contribution in [0.15, 0.2) is 78.9 Å². The number of amides is 1. The van der Waals surface area contributed by atoms with Crippen molar-refractivity contribution in [2.24, 2.45) is 0 Å². The van der Waals surface area contributed by atoms with Crippen LogP contribution in [0.5, 0.6) is 0 Å². The summed E-state index contributed by atoms with van der Waals surface area (Å²) in [5.74, 6) is -0.948. The summed E-state index contributed by atoms with van der Waals surface area (Å²) in [6.45, 7) is 3.52. The minimum absolute atomic E-state index is 0.362. The van der Waals surface area contributed by atoms with Gasteiger partial charge in [-0.15, -0.1) is 0 Å². The third kappa shape index (κ3) is 4.98. The van der Waals surface area contributed by atoms with Crippen LogP contribution in [0.3, 0.4) is 0 Å². The summed E-state index contributed by atoms with van der Waals surface area (Å²) in [6.07, 6.45) is -0.932. The molecule has 0 heterocycles. The van der Waals surface area contributed by atoms with E-state index in [-0.39, 0.29) is 5.91 Å². The van der Waals surface area contributed by atoms with Gasteiger partial charge in [0.2, 0.25) is 0 Å². The Bertz CT molecular complexity index is 953. The molecule has 0 aliphatic rings. The molecule has 0 spiro atoms. The number of anilines is 3. The van der Waals surface area contributed by atoms with Crippen LogP contribution in [-0.4, -0.2) is 18.0 Å². The predicted molar refractivity (Wildman–Crippen MR) is 111 cm³/mol. The second-order valence-electron chi connectivity index (χ2n) is 6.44. The Kier molecular flexibility index (Phi) is 6.07. The second-order valence-corrected chi connectivity index (χ2v) is 6.44. The van der Waals surface area contributed by atoms with Gasteiger partial charge in [-0.3, -0.25) is 4.79 Å². The highest BCUT2D eigenvalue weighted by atomic mass is 16.5. The number of rotatable bonds is 6. The van der Waals surface area contributed by atoms with Crippen molar-refractivity contribution in [2.45, 2.75) is 20.0 Å². The van der Waals surface area contributed by atoms with Gasteiger partial charge in [0.15, 0.2) is 6.10 Å².